The van der Waals surface area contributed by atoms with Crippen molar-refractivity contribution in [1.82, 2.24) is 5.32 Å². The summed E-state index contributed by atoms with van der Waals surface area (Å²) in [6.07, 6.45) is 1.41. The molecule has 0 saturated heterocycles. The average molecular weight is 337 g/mol. The fourth-order valence-corrected chi connectivity index (χ4v) is 3.87. The molecule has 3 nitrogen and oxygen atoms in total. The third kappa shape index (κ3) is 2.66. The smallest absolute Gasteiger partial charge is 0.171 e. The number of hydrogen-bond donors (Lipinski definition) is 2. The minimum absolute atomic E-state index is 0.0459. The van der Waals surface area contributed by atoms with Gasteiger partial charge in [0.05, 0.1) is 23.1 Å². The summed E-state index contributed by atoms with van der Waals surface area (Å²) < 4.78 is 0. The lowest BCUT2D eigenvalue weighted by atomic mass is 9.89. The molecule has 0 bridgehead atoms. The molecule has 0 unspecified atom stereocenters. The summed E-state index contributed by atoms with van der Waals surface area (Å²) in [5.74, 6) is -0.172. The molecule has 24 heavy (non-hydrogen) atoms. The van der Waals surface area contributed by atoms with Crippen LogP contribution in [0.4, 0.5) is 0 Å². The first-order valence-electron chi connectivity index (χ1n) is 8.33. The number of hydrogen-bond acceptors (Lipinski definition) is 3. The first kappa shape index (κ1) is 15.5. The standard InChI is InChI=1S/C20H19NO2S/c22-18(12-6-2-1-3-7-12)16-17(21-20(24)13-10-11-13)14-8-4-5-9-15(14)19(16)23/h1-9,13,16-17,19,23H,10-11H2,(H,21,24)/t16-,17-,19+/m1/s1. The molecule has 0 aromatic heterocycles. The fraction of sp³-hybridized carbons (Fsp3) is 0.300. The van der Waals surface area contributed by atoms with Gasteiger partial charge in [0.1, 0.15) is 0 Å². The molecule has 1 fully saturated rings. The Labute approximate surface area is 146 Å². The number of nitrogens with one attached hydrogen (secondary N) is 1. The van der Waals surface area contributed by atoms with Crippen molar-refractivity contribution in [2.24, 2.45) is 11.8 Å². The van der Waals surface area contributed by atoms with Gasteiger partial charge in [-0.05, 0) is 24.0 Å². The SMILES string of the molecule is O=C(c1ccccc1)[C@H]1[C@H](NC(=S)C2CC2)c2ccccc2[C@@H]1O. The van der Waals surface area contributed by atoms with Gasteiger partial charge in [0.25, 0.3) is 0 Å². The predicted molar refractivity (Wildman–Crippen MR) is 96.9 cm³/mol. The molecule has 2 aliphatic carbocycles. The van der Waals surface area contributed by atoms with Crippen LogP contribution in [0.25, 0.3) is 0 Å². The number of aliphatic hydroxyl groups is 1. The normalized spacial score (nSPS) is 25.1. The van der Waals surface area contributed by atoms with Gasteiger partial charge in [0, 0.05) is 11.5 Å². The Hall–Kier alpha value is -2.04. The number of ketones is 1. The van der Waals surface area contributed by atoms with E-state index >= 15 is 0 Å². The molecule has 1 saturated carbocycles. The van der Waals surface area contributed by atoms with Crippen LogP contribution in [0.2, 0.25) is 0 Å². The predicted octanol–water partition coefficient (Wildman–Crippen LogP) is 3.60. The number of Topliss-reactive ketones (excluding diaryl/α,β-unsaturated/α-hetero) is 1. The Kier molecular flexibility index (Phi) is 3.94. The summed E-state index contributed by atoms with van der Waals surface area (Å²) in [4.78, 5) is 13.9. The van der Waals surface area contributed by atoms with Crippen LogP contribution in [0.15, 0.2) is 54.6 Å². The van der Waals surface area contributed by atoms with Crippen LogP contribution in [0.1, 0.15) is 46.5 Å². The second kappa shape index (κ2) is 6.11. The van der Waals surface area contributed by atoms with E-state index in [-0.39, 0.29) is 11.8 Å². The molecule has 4 rings (SSSR count). The van der Waals surface area contributed by atoms with Gasteiger partial charge in [-0.15, -0.1) is 0 Å². The zero-order valence-electron chi connectivity index (χ0n) is 13.2. The lowest BCUT2D eigenvalue weighted by Crippen LogP contribution is -2.35. The van der Waals surface area contributed by atoms with E-state index in [1.54, 1.807) is 12.1 Å². The lowest BCUT2D eigenvalue weighted by Gasteiger charge is -2.24. The minimum atomic E-state index is -0.812. The summed E-state index contributed by atoms with van der Waals surface area (Å²) in [6, 6.07) is 16.6. The number of carbonyl (C=O) groups is 1. The highest BCUT2D eigenvalue weighted by Crippen LogP contribution is 2.46. The number of aliphatic hydroxyl groups excluding tert-OH is 1. The zero-order chi connectivity index (χ0) is 16.7. The Morgan fingerprint density at radius 2 is 1.62 bits per heavy atom. The van der Waals surface area contributed by atoms with E-state index < -0.39 is 12.0 Å². The lowest BCUT2D eigenvalue weighted by molar-refractivity contribution is 0.0667. The monoisotopic (exact) mass is 337 g/mol. The van der Waals surface area contributed by atoms with Crippen molar-refractivity contribution in [3.8, 4) is 0 Å². The van der Waals surface area contributed by atoms with Crippen molar-refractivity contribution in [3.05, 3.63) is 71.3 Å². The first-order chi connectivity index (χ1) is 11.7. The van der Waals surface area contributed by atoms with E-state index in [1.807, 2.05) is 42.5 Å². The van der Waals surface area contributed by atoms with Crippen LogP contribution >= 0.6 is 12.2 Å². The van der Waals surface area contributed by atoms with Crippen LogP contribution in [0.3, 0.4) is 0 Å². The van der Waals surface area contributed by atoms with E-state index in [2.05, 4.69) is 5.32 Å². The van der Waals surface area contributed by atoms with Crippen LogP contribution in [0, 0.1) is 11.8 Å². The molecule has 2 N–H and O–H groups in total. The molecule has 0 aliphatic heterocycles. The number of thiocarbonyl (C=S) groups is 1. The highest BCUT2D eigenvalue weighted by molar-refractivity contribution is 7.80. The van der Waals surface area contributed by atoms with Crippen molar-refractivity contribution in [1.29, 1.82) is 0 Å². The third-order valence-corrected chi connectivity index (χ3v) is 5.41. The third-order valence-electron chi connectivity index (χ3n) is 4.96. The van der Waals surface area contributed by atoms with Gasteiger partial charge >= 0.3 is 0 Å². The van der Waals surface area contributed by atoms with Crippen LogP contribution in [-0.4, -0.2) is 15.9 Å². The maximum Gasteiger partial charge on any atom is 0.171 e. The summed E-state index contributed by atoms with van der Waals surface area (Å²) in [7, 11) is 0. The molecule has 4 heteroatoms. The van der Waals surface area contributed by atoms with E-state index in [1.165, 1.54) is 0 Å². The van der Waals surface area contributed by atoms with E-state index in [4.69, 9.17) is 12.2 Å². The van der Waals surface area contributed by atoms with Crippen LogP contribution in [-0.2, 0) is 0 Å². The Morgan fingerprint density at radius 1 is 1.00 bits per heavy atom. The Morgan fingerprint density at radius 3 is 2.29 bits per heavy atom. The molecule has 122 valence electrons. The van der Waals surface area contributed by atoms with Crippen molar-refractivity contribution >= 4 is 23.0 Å². The molecule has 0 heterocycles. The first-order valence-corrected chi connectivity index (χ1v) is 8.74. The Bertz CT molecular complexity index is 785. The maximum atomic E-state index is 13.1. The molecule has 0 amide bonds. The molecule has 2 aromatic rings. The van der Waals surface area contributed by atoms with Crippen molar-refractivity contribution in [2.75, 3.05) is 0 Å². The second-order valence-electron chi connectivity index (χ2n) is 6.59. The van der Waals surface area contributed by atoms with E-state index in [9.17, 15) is 9.90 Å². The quantitative estimate of drug-likeness (QED) is 0.661. The highest BCUT2D eigenvalue weighted by atomic mass is 32.1. The van der Waals surface area contributed by atoms with Gasteiger partial charge in [0.2, 0.25) is 0 Å². The summed E-state index contributed by atoms with van der Waals surface area (Å²) in [5, 5.41) is 14.2. The van der Waals surface area contributed by atoms with Crippen LogP contribution in [0.5, 0.6) is 0 Å². The van der Waals surface area contributed by atoms with Gasteiger partial charge in [-0.25, -0.2) is 0 Å². The zero-order valence-corrected chi connectivity index (χ0v) is 14.0. The van der Waals surface area contributed by atoms with Gasteiger partial charge in [0.15, 0.2) is 5.78 Å². The van der Waals surface area contributed by atoms with Gasteiger partial charge < -0.3 is 10.4 Å². The van der Waals surface area contributed by atoms with Crippen molar-refractivity contribution in [3.63, 3.8) is 0 Å². The van der Waals surface area contributed by atoms with Gasteiger partial charge in [-0.2, -0.15) is 0 Å². The molecular formula is C20H19NO2S. The van der Waals surface area contributed by atoms with Gasteiger partial charge in [-0.1, -0.05) is 66.8 Å². The summed E-state index contributed by atoms with van der Waals surface area (Å²) in [5.41, 5.74) is 2.42. The highest BCUT2D eigenvalue weighted by Gasteiger charge is 2.45. The van der Waals surface area contributed by atoms with E-state index in [0.29, 0.717) is 11.5 Å². The fourth-order valence-electron chi connectivity index (χ4n) is 3.51. The van der Waals surface area contributed by atoms with Crippen LogP contribution < -0.4 is 5.32 Å². The molecule has 2 aromatic carbocycles. The minimum Gasteiger partial charge on any atom is -0.388 e. The molecule has 0 spiro atoms. The molecule has 3 atom stereocenters. The van der Waals surface area contributed by atoms with Gasteiger partial charge in [-0.3, -0.25) is 4.79 Å². The average Bonchev–Trinajstić information content (AvgIpc) is 3.43. The number of carbonyl (C=O) groups excluding carboxylic acids is 1. The maximum absolute atomic E-state index is 13.1. The topological polar surface area (TPSA) is 49.3 Å². The summed E-state index contributed by atoms with van der Waals surface area (Å²) >= 11 is 5.50. The second-order valence-corrected chi connectivity index (χ2v) is 7.03. The molecule has 0 radical (unpaired) electrons. The summed E-state index contributed by atoms with van der Waals surface area (Å²) in [6.45, 7) is 0. The van der Waals surface area contributed by atoms with Crippen molar-refractivity contribution in [2.45, 2.75) is 25.0 Å². The Balaban J connectivity index is 1.70. The number of fused-ring (bicyclic) bond motifs is 1. The molecule has 2 aliphatic rings. The van der Waals surface area contributed by atoms with Crippen molar-refractivity contribution < 1.29 is 9.90 Å². The van der Waals surface area contributed by atoms with E-state index in [0.717, 1.165) is 29.0 Å². The largest absolute Gasteiger partial charge is 0.388 e. The molecular weight excluding hydrogens is 318 g/mol. The number of benzene rings is 2. The number of rotatable bonds is 4.